The summed E-state index contributed by atoms with van der Waals surface area (Å²) in [6.07, 6.45) is -0.550. The quantitative estimate of drug-likeness (QED) is 0.595. The van der Waals surface area contributed by atoms with Gasteiger partial charge in [-0.1, -0.05) is 0 Å². The Balaban J connectivity index is 2.45. The maximum atomic E-state index is 12.0. The number of nitrogens with zero attached hydrogens (tertiary/aromatic N) is 1. The van der Waals surface area contributed by atoms with Gasteiger partial charge in [0.15, 0.2) is 5.01 Å². The number of nitrogens with one attached hydrogen (secondary N) is 2. The highest BCUT2D eigenvalue weighted by Crippen LogP contribution is 2.19. The average molecular weight is 357 g/mol. The van der Waals surface area contributed by atoms with Crippen LogP contribution < -0.4 is 10.6 Å². The minimum atomic E-state index is -0.574. The Hall–Kier alpha value is -2.16. The molecule has 0 aromatic carbocycles. The van der Waals surface area contributed by atoms with E-state index in [1.807, 2.05) is 0 Å². The SMILES string of the molecule is CCOC(=O)c1sc(C(=O)NCCNC(=O)OC(C)(C)C)nc1C. The Morgan fingerprint density at radius 3 is 2.38 bits per heavy atom. The van der Waals surface area contributed by atoms with Crippen molar-refractivity contribution in [1.82, 2.24) is 15.6 Å². The molecule has 0 unspecified atom stereocenters. The number of hydrogen-bond acceptors (Lipinski definition) is 7. The smallest absolute Gasteiger partial charge is 0.407 e. The minimum Gasteiger partial charge on any atom is -0.462 e. The van der Waals surface area contributed by atoms with Crippen molar-refractivity contribution in [2.45, 2.75) is 40.2 Å². The van der Waals surface area contributed by atoms with Crippen LogP contribution in [-0.2, 0) is 9.47 Å². The van der Waals surface area contributed by atoms with Gasteiger partial charge in [0, 0.05) is 13.1 Å². The number of aromatic nitrogens is 1. The predicted molar refractivity (Wildman–Crippen MR) is 89.4 cm³/mol. The first-order valence-electron chi connectivity index (χ1n) is 7.53. The molecule has 134 valence electrons. The molecule has 9 heteroatoms. The third-order valence-corrected chi connectivity index (χ3v) is 3.67. The van der Waals surface area contributed by atoms with Crippen molar-refractivity contribution in [3.63, 3.8) is 0 Å². The third kappa shape index (κ3) is 6.53. The molecule has 0 saturated heterocycles. The van der Waals surface area contributed by atoms with Gasteiger partial charge in [0.05, 0.1) is 12.3 Å². The van der Waals surface area contributed by atoms with Crippen LogP contribution >= 0.6 is 11.3 Å². The van der Waals surface area contributed by atoms with E-state index in [0.29, 0.717) is 10.6 Å². The molecule has 0 aliphatic heterocycles. The molecule has 8 nitrogen and oxygen atoms in total. The average Bonchev–Trinajstić information content (AvgIpc) is 2.84. The molecule has 1 rings (SSSR count). The first kappa shape index (κ1) is 19.9. The van der Waals surface area contributed by atoms with Gasteiger partial charge in [-0.2, -0.15) is 0 Å². The fraction of sp³-hybridized carbons (Fsp3) is 0.600. The highest BCUT2D eigenvalue weighted by molar-refractivity contribution is 7.15. The number of esters is 1. The highest BCUT2D eigenvalue weighted by Gasteiger charge is 2.20. The van der Waals surface area contributed by atoms with Crippen molar-refractivity contribution in [3.8, 4) is 0 Å². The first-order valence-corrected chi connectivity index (χ1v) is 8.35. The van der Waals surface area contributed by atoms with Crippen LogP contribution in [0.3, 0.4) is 0 Å². The number of aryl methyl sites for hydroxylation is 1. The number of rotatable bonds is 6. The monoisotopic (exact) mass is 357 g/mol. The van der Waals surface area contributed by atoms with Crippen LogP contribution in [-0.4, -0.2) is 48.3 Å². The molecule has 0 fully saturated rings. The lowest BCUT2D eigenvalue weighted by Crippen LogP contribution is -2.37. The molecule has 0 aliphatic rings. The number of thiazole rings is 1. The normalized spacial score (nSPS) is 10.9. The summed E-state index contributed by atoms with van der Waals surface area (Å²) in [5, 5.41) is 5.32. The van der Waals surface area contributed by atoms with Crippen molar-refractivity contribution in [2.24, 2.45) is 0 Å². The highest BCUT2D eigenvalue weighted by atomic mass is 32.1. The van der Waals surface area contributed by atoms with E-state index in [1.54, 1.807) is 34.6 Å². The third-order valence-electron chi connectivity index (χ3n) is 2.53. The summed E-state index contributed by atoms with van der Waals surface area (Å²) in [6, 6.07) is 0. The zero-order valence-electron chi connectivity index (χ0n) is 14.5. The van der Waals surface area contributed by atoms with Crippen LogP contribution in [0.2, 0.25) is 0 Å². The predicted octanol–water partition coefficient (Wildman–Crippen LogP) is 1.88. The molecule has 0 bridgehead atoms. The molecule has 0 spiro atoms. The van der Waals surface area contributed by atoms with E-state index in [4.69, 9.17) is 9.47 Å². The molecule has 24 heavy (non-hydrogen) atoms. The maximum Gasteiger partial charge on any atom is 0.407 e. The van der Waals surface area contributed by atoms with Gasteiger partial charge in [-0.25, -0.2) is 14.6 Å². The zero-order chi connectivity index (χ0) is 18.3. The van der Waals surface area contributed by atoms with E-state index in [9.17, 15) is 14.4 Å². The minimum absolute atomic E-state index is 0.174. The number of amides is 2. The number of hydrogen-bond donors (Lipinski definition) is 2. The molecule has 0 radical (unpaired) electrons. The van der Waals surface area contributed by atoms with Crippen LogP contribution in [0, 0.1) is 6.92 Å². The standard InChI is InChI=1S/C15H23N3O5S/c1-6-22-13(20)10-9(2)18-12(24-10)11(19)16-7-8-17-14(21)23-15(3,4)5/h6-8H2,1-5H3,(H,16,19)(H,17,21). The molecule has 1 aromatic rings. The lowest BCUT2D eigenvalue weighted by atomic mass is 10.2. The molecular weight excluding hydrogens is 334 g/mol. The summed E-state index contributed by atoms with van der Waals surface area (Å²) in [5.41, 5.74) is -0.120. The topological polar surface area (TPSA) is 107 Å². The van der Waals surface area contributed by atoms with Gasteiger partial charge in [-0.05, 0) is 34.6 Å². The lowest BCUT2D eigenvalue weighted by Gasteiger charge is -2.19. The molecule has 0 saturated carbocycles. The molecule has 0 atom stereocenters. The fourth-order valence-electron chi connectivity index (χ4n) is 1.61. The lowest BCUT2D eigenvalue weighted by molar-refractivity contribution is 0.0518. The molecule has 1 heterocycles. The summed E-state index contributed by atoms with van der Waals surface area (Å²) < 4.78 is 9.98. The maximum absolute atomic E-state index is 12.0. The molecule has 1 aromatic heterocycles. The van der Waals surface area contributed by atoms with Crippen molar-refractivity contribution in [2.75, 3.05) is 19.7 Å². The first-order chi connectivity index (χ1) is 11.1. The van der Waals surface area contributed by atoms with Crippen molar-refractivity contribution in [1.29, 1.82) is 0 Å². The van der Waals surface area contributed by atoms with Gasteiger partial charge >= 0.3 is 12.1 Å². The Labute approximate surface area is 144 Å². The zero-order valence-corrected chi connectivity index (χ0v) is 15.3. The molecule has 0 aliphatic carbocycles. The van der Waals surface area contributed by atoms with E-state index in [-0.39, 0.29) is 24.7 Å². The van der Waals surface area contributed by atoms with E-state index >= 15 is 0 Å². The van der Waals surface area contributed by atoms with Gasteiger partial charge in [-0.3, -0.25) is 4.79 Å². The van der Waals surface area contributed by atoms with E-state index < -0.39 is 23.6 Å². The van der Waals surface area contributed by atoms with Crippen LogP contribution in [0.15, 0.2) is 0 Å². The second kappa shape index (κ2) is 8.62. The van der Waals surface area contributed by atoms with E-state index in [2.05, 4.69) is 15.6 Å². The summed E-state index contributed by atoms with van der Waals surface area (Å²) in [5.74, 6) is -0.900. The Bertz CT molecular complexity index is 607. The van der Waals surface area contributed by atoms with Gasteiger partial charge in [0.1, 0.15) is 10.5 Å². The number of ether oxygens (including phenoxy) is 2. The van der Waals surface area contributed by atoms with E-state index in [1.165, 1.54) is 0 Å². The second-order valence-corrected chi connectivity index (χ2v) is 6.84. The Kier molecular flexibility index (Phi) is 7.15. The van der Waals surface area contributed by atoms with Crippen LogP contribution in [0.25, 0.3) is 0 Å². The van der Waals surface area contributed by atoms with Crippen LogP contribution in [0.5, 0.6) is 0 Å². The van der Waals surface area contributed by atoms with Crippen molar-refractivity contribution >= 4 is 29.3 Å². The Morgan fingerprint density at radius 2 is 1.79 bits per heavy atom. The van der Waals surface area contributed by atoms with Gasteiger partial charge in [-0.15, -0.1) is 11.3 Å². The van der Waals surface area contributed by atoms with Gasteiger partial charge in [0.2, 0.25) is 0 Å². The summed E-state index contributed by atoms with van der Waals surface area (Å²) in [6.45, 7) is 9.33. The number of alkyl carbamates (subject to hydrolysis) is 1. The molecular formula is C15H23N3O5S. The largest absolute Gasteiger partial charge is 0.462 e. The number of carbonyl (C=O) groups excluding carboxylic acids is 3. The second-order valence-electron chi connectivity index (χ2n) is 5.84. The fourth-order valence-corrected chi connectivity index (χ4v) is 2.49. The van der Waals surface area contributed by atoms with Gasteiger partial charge < -0.3 is 20.1 Å². The van der Waals surface area contributed by atoms with Crippen molar-refractivity contribution < 1.29 is 23.9 Å². The Morgan fingerprint density at radius 1 is 1.17 bits per heavy atom. The van der Waals surface area contributed by atoms with Crippen LogP contribution in [0.4, 0.5) is 4.79 Å². The molecule has 2 N–H and O–H groups in total. The van der Waals surface area contributed by atoms with Crippen molar-refractivity contribution in [3.05, 3.63) is 15.6 Å². The van der Waals surface area contributed by atoms with Crippen LogP contribution in [0.1, 0.15) is 52.9 Å². The number of carbonyl (C=O) groups is 3. The summed E-state index contributed by atoms with van der Waals surface area (Å²) in [4.78, 5) is 39.5. The van der Waals surface area contributed by atoms with Gasteiger partial charge in [0.25, 0.3) is 5.91 Å². The summed E-state index contributed by atoms with van der Waals surface area (Å²) in [7, 11) is 0. The summed E-state index contributed by atoms with van der Waals surface area (Å²) >= 11 is 0.978. The molecule has 2 amide bonds. The van der Waals surface area contributed by atoms with E-state index in [0.717, 1.165) is 11.3 Å².